The van der Waals surface area contributed by atoms with E-state index in [0.29, 0.717) is 5.69 Å². The SMILES string of the molecule is O=C(NC1CCCCC1)OCc1cn(CCc2ccccc2)nn1. The van der Waals surface area contributed by atoms with E-state index in [1.807, 2.05) is 24.4 Å². The van der Waals surface area contributed by atoms with Crippen LogP contribution in [0.15, 0.2) is 36.5 Å². The van der Waals surface area contributed by atoms with Gasteiger partial charge in [-0.3, -0.25) is 4.68 Å². The van der Waals surface area contributed by atoms with Crippen molar-refractivity contribution in [3.8, 4) is 0 Å². The molecule has 0 bridgehead atoms. The van der Waals surface area contributed by atoms with Gasteiger partial charge in [-0.05, 0) is 24.8 Å². The van der Waals surface area contributed by atoms with Crippen molar-refractivity contribution >= 4 is 6.09 Å². The van der Waals surface area contributed by atoms with Crippen LogP contribution in [-0.4, -0.2) is 27.1 Å². The number of nitrogens with one attached hydrogen (secondary N) is 1. The second-order valence-corrected chi connectivity index (χ2v) is 6.26. The number of amides is 1. The molecule has 6 nitrogen and oxygen atoms in total. The molecular formula is C18H24N4O2. The predicted molar refractivity (Wildman–Crippen MR) is 90.4 cm³/mol. The quantitative estimate of drug-likeness (QED) is 0.885. The van der Waals surface area contributed by atoms with Crippen LogP contribution in [0.3, 0.4) is 0 Å². The summed E-state index contributed by atoms with van der Waals surface area (Å²) in [6.45, 7) is 0.912. The summed E-state index contributed by atoms with van der Waals surface area (Å²) in [6, 6.07) is 10.5. The number of nitrogens with zero attached hydrogens (tertiary/aromatic N) is 3. The van der Waals surface area contributed by atoms with Crippen molar-refractivity contribution < 1.29 is 9.53 Å². The van der Waals surface area contributed by atoms with Gasteiger partial charge in [-0.15, -0.1) is 5.10 Å². The highest BCUT2D eigenvalue weighted by Crippen LogP contribution is 2.17. The smallest absolute Gasteiger partial charge is 0.407 e. The van der Waals surface area contributed by atoms with Crippen molar-refractivity contribution in [1.82, 2.24) is 20.3 Å². The Balaban J connectivity index is 1.40. The molecule has 1 aliphatic rings. The van der Waals surface area contributed by atoms with Crippen molar-refractivity contribution in [3.63, 3.8) is 0 Å². The average Bonchev–Trinajstić information content (AvgIpc) is 3.08. The van der Waals surface area contributed by atoms with Crippen LogP contribution in [-0.2, 0) is 24.3 Å². The largest absolute Gasteiger partial charge is 0.443 e. The lowest BCUT2D eigenvalue weighted by atomic mass is 9.96. The second kappa shape index (κ2) is 8.47. The zero-order valence-corrected chi connectivity index (χ0v) is 13.9. The van der Waals surface area contributed by atoms with Gasteiger partial charge in [0.05, 0.1) is 6.20 Å². The standard InChI is InChI=1S/C18H24N4O2/c23-18(19-16-9-5-2-6-10-16)24-14-17-13-22(21-20-17)12-11-15-7-3-1-4-8-15/h1,3-4,7-8,13,16H,2,5-6,9-12,14H2,(H,19,23). The van der Waals surface area contributed by atoms with Gasteiger partial charge in [-0.25, -0.2) is 4.79 Å². The molecule has 0 saturated heterocycles. The van der Waals surface area contributed by atoms with Crippen LogP contribution in [0.4, 0.5) is 4.79 Å². The van der Waals surface area contributed by atoms with Crippen LogP contribution in [0.2, 0.25) is 0 Å². The summed E-state index contributed by atoms with van der Waals surface area (Å²) in [4.78, 5) is 11.8. The first-order valence-corrected chi connectivity index (χ1v) is 8.66. The summed E-state index contributed by atoms with van der Waals surface area (Å²) in [6.07, 6.45) is 8.08. The molecule has 1 aromatic carbocycles. The zero-order valence-electron chi connectivity index (χ0n) is 13.9. The lowest BCUT2D eigenvalue weighted by Crippen LogP contribution is -2.36. The van der Waals surface area contributed by atoms with E-state index in [-0.39, 0.29) is 18.7 Å². The highest BCUT2D eigenvalue weighted by atomic mass is 16.5. The summed E-state index contributed by atoms with van der Waals surface area (Å²) in [5.41, 5.74) is 1.93. The van der Waals surface area contributed by atoms with Gasteiger partial charge in [0.1, 0.15) is 12.3 Å². The third-order valence-corrected chi connectivity index (χ3v) is 4.34. The first kappa shape index (κ1) is 16.5. The third kappa shape index (κ3) is 5.08. The zero-order chi connectivity index (χ0) is 16.6. The van der Waals surface area contributed by atoms with Gasteiger partial charge in [0.15, 0.2) is 0 Å². The van der Waals surface area contributed by atoms with Crippen LogP contribution in [0, 0.1) is 0 Å². The lowest BCUT2D eigenvalue weighted by molar-refractivity contribution is 0.131. The fourth-order valence-electron chi connectivity index (χ4n) is 3.00. The Bertz CT molecular complexity index is 635. The first-order chi connectivity index (χ1) is 11.8. The molecule has 6 heteroatoms. The Labute approximate surface area is 142 Å². The Kier molecular flexibility index (Phi) is 5.82. The molecule has 1 aliphatic carbocycles. The van der Waals surface area contributed by atoms with Gasteiger partial charge < -0.3 is 10.1 Å². The molecule has 0 aliphatic heterocycles. The van der Waals surface area contributed by atoms with Crippen LogP contribution in [0.5, 0.6) is 0 Å². The van der Waals surface area contributed by atoms with E-state index >= 15 is 0 Å². The molecule has 1 heterocycles. The molecule has 1 amide bonds. The Morgan fingerprint density at radius 2 is 2.00 bits per heavy atom. The maximum Gasteiger partial charge on any atom is 0.407 e. The van der Waals surface area contributed by atoms with Crippen molar-refractivity contribution in [2.75, 3.05) is 0 Å². The van der Waals surface area contributed by atoms with Crippen molar-refractivity contribution in [2.24, 2.45) is 0 Å². The number of carbonyl (C=O) groups excluding carboxylic acids is 1. The number of rotatable bonds is 6. The molecule has 2 aromatic rings. The minimum Gasteiger partial charge on any atom is -0.443 e. The number of carbonyl (C=O) groups is 1. The fourth-order valence-corrected chi connectivity index (χ4v) is 3.00. The van der Waals surface area contributed by atoms with Gasteiger partial charge in [-0.2, -0.15) is 0 Å². The minimum absolute atomic E-state index is 0.157. The number of aryl methyl sites for hydroxylation is 2. The number of hydrogen-bond acceptors (Lipinski definition) is 4. The maximum absolute atomic E-state index is 11.8. The Hall–Kier alpha value is -2.37. The van der Waals surface area contributed by atoms with Gasteiger partial charge in [-0.1, -0.05) is 54.8 Å². The minimum atomic E-state index is -0.360. The molecule has 1 saturated carbocycles. The third-order valence-electron chi connectivity index (χ3n) is 4.34. The Morgan fingerprint density at radius 3 is 2.79 bits per heavy atom. The van der Waals surface area contributed by atoms with Crippen molar-refractivity contribution in [1.29, 1.82) is 0 Å². The molecule has 0 unspecified atom stereocenters. The predicted octanol–water partition coefficient (Wildman–Crippen LogP) is 3.08. The van der Waals surface area contributed by atoms with E-state index in [1.54, 1.807) is 4.68 Å². The topological polar surface area (TPSA) is 69.0 Å². The summed E-state index contributed by atoms with van der Waals surface area (Å²) in [5, 5.41) is 11.1. The second-order valence-electron chi connectivity index (χ2n) is 6.26. The molecular weight excluding hydrogens is 304 g/mol. The van der Waals surface area contributed by atoms with Crippen LogP contribution in [0.1, 0.15) is 43.4 Å². The van der Waals surface area contributed by atoms with Gasteiger partial charge in [0.25, 0.3) is 0 Å². The fraction of sp³-hybridized carbons (Fsp3) is 0.500. The van der Waals surface area contributed by atoms with Gasteiger partial charge >= 0.3 is 6.09 Å². The van der Waals surface area contributed by atoms with E-state index in [2.05, 4.69) is 27.8 Å². The maximum atomic E-state index is 11.8. The van der Waals surface area contributed by atoms with Crippen LogP contribution >= 0.6 is 0 Å². The van der Waals surface area contributed by atoms with Crippen molar-refractivity contribution in [3.05, 3.63) is 47.8 Å². The van der Waals surface area contributed by atoms with Gasteiger partial charge in [0, 0.05) is 12.6 Å². The first-order valence-electron chi connectivity index (χ1n) is 8.66. The highest BCUT2D eigenvalue weighted by Gasteiger charge is 2.16. The number of hydrogen-bond donors (Lipinski definition) is 1. The van der Waals surface area contributed by atoms with E-state index in [9.17, 15) is 4.79 Å². The molecule has 1 N–H and O–H groups in total. The lowest BCUT2D eigenvalue weighted by Gasteiger charge is -2.22. The van der Waals surface area contributed by atoms with Crippen LogP contribution < -0.4 is 5.32 Å². The van der Waals surface area contributed by atoms with Crippen molar-refractivity contribution in [2.45, 2.75) is 57.7 Å². The molecule has 0 atom stereocenters. The van der Waals surface area contributed by atoms with E-state index in [0.717, 1.165) is 25.8 Å². The summed E-state index contributed by atoms with van der Waals surface area (Å²) in [7, 11) is 0. The summed E-state index contributed by atoms with van der Waals surface area (Å²) < 4.78 is 7.02. The molecule has 3 rings (SSSR count). The number of ether oxygens (including phenoxy) is 1. The summed E-state index contributed by atoms with van der Waals surface area (Å²) in [5.74, 6) is 0. The Morgan fingerprint density at radius 1 is 1.21 bits per heavy atom. The number of aromatic nitrogens is 3. The normalized spacial score (nSPS) is 15.2. The van der Waals surface area contributed by atoms with E-state index in [1.165, 1.54) is 24.8 Å². The number of benzene rings is 1. The van der Waals surface area contributed by atoms with E-state index in [4.69, 9.17) is 4.74 Å². The summed E-state index contributed by atoms with van der Waals surface area (Å²) >= 11 is 0. The molecule has 128 valence electrons. The molecule has 24 heavy (non-hydrogen) atoms. The average molecular weight is 328 g/mol. The van der Waals surface area contributed by atoms with Gasteiger partial charge in [0.2, 0.25) is 0 Å². The molecule has 0 spiro atoms. The monoisotopic (exact) mass is 328 g/mol. The molecule has 1 aromatic heterocycles. The molecule has 0 radical (unpaired) electrons. The van der Waals surface area contributed by atoms with E-state index < -0.39 is 0 Å². The highest BCUT2D eigenvalue weighted by molar-refractivity contribution is 5.67. The molecule has 1 fully saturated rings. The van der Waals surface area contributed by atoms with Crippen LogP contribution in [0.25, 0.3) is 0 Å². The number of alkyl carbamates (subject to hydrolysis) is 1.